The summed E-state index contributed by atoms with van der Waals surface area (Å²) in [6.07, 6.45) is 5.63. The van der Waals surface area contributed by atoms with Gasteiger partial charge < -0.3 is 15.1 Å². The van der Waals surface area contributed by atoms with Crippen LogP contribution in [0, 0.1) is 5.41 Å². The number of nitrogens with zero attached hydrogens (tertiary/aromatic N) is 2. The van der Waals surface area contributed by atoms with Gasteiger partial charge >= 0.3 is 0 Å². The van der Waals surface area contributed by atoms with E-state index in [2.05, 4.69) is 40.5 Å². The minimum atomic E-state index is -0.451. The van der Waals surface area contributed by atoms with E-state index in [4.69, 9.17) is 23.2 Å². The summed E-state index contributed by atoms with van der Waals surface area (Å²) in [5.74, 6) is 0.172. The van der Waals surface area contributed by atoms with Crippen molar-refractivity contribution in [1.29, 1.82) is 0 Å². The van der Waals surface area contributed by atoms with Gasteiger partial charge in [-0.1, -0.05) is 98.6 Å². The maximum atomic E-state index is 13.5. The molecule has 3 aromatic carbocycles. The van der Waals surface area contributed by atoms with Gasteiger partial charge in [0, 0.05) is 42.6 Å². The van der Waals surface area contributed by atoms with Crippen molar-refractivity contribution >= 4 is 47.4 Å². The fourth-order valence-corrected chi connectivity index (χ4v) is 7.22. The molecule has 5 nitrogen and oxygen atoms in total. The summed E-state index contributed by atoms with van der Waals surface area (Å²) in [5.41, 5.74) is 2.07. The first-order chi connectivity index (χ1) is 21.0. The highest BCUT2D eigenvalue weighted by molar-refractivity contribution is 6.42. The van der Waals surface area contributed by atoms with Crippen molar-refractivity contribution in [3.8, 4) is 0 Å². The molecule has 2 heterocycles. The molecule has 1 unspecified atom stereocenters. The van der Waals surface area contributed by atoms with Crippen LogP contribution in [0.3, 0.4) is 0 Å². The van der Waals surface area contributed by atoms with Gasteiger partial charge in [0.15, 0.2) is 0 Å². The predicted octanol–water partition coefficient (Wildman–Crippen LogP) is 8.52. The Morgan fingerprint density at radius 1 is 0.822 bits per heavy atom. The number of benzene rings is 3. The van der Waals surface area contributed by atoms with Crippen LogP contribution < -0.4 is 5.32 Å². The molecule has 45 heavy (non-hydrogen) atoms. The van der Waals surface area contributed by atoms with Gasteiger partial charge in [0.1, 0.15) is 0 Å². The van der Waals surface area contributed by atoms with E-state index in [1.807, 2.05) is 74.2 Å². The molecular weight excluding hydrogens is 625 g/mol. The zero-order valence-corrected chi connectivity index (χ0v) is 29.0. The van der Waals surface area contributed by atoms with Crippen molar-refractivity contribution in [2.24, 2.45) is 5.41 Å². The van der Waals surface area contributed by atoms with Gasteiger partial charge in [-0.25, -0.2) is 0 Å². The van der Waals surface area contributed by atoms with Gasteiger partial charge in [0.25, 0.3) is 5.91 Å². The smallest absolute Gasteiger partial charge is 0.253 e. The number of hydrogen-bond acceptors (Lipinski definition) is 3. The second kappa shape index (κ2) is 14.9. The highest BCUT2D eigenvalue weighted by Crippen LogP contribution is 2.41. The average molecular weight is 671 g/mol. The van der Waals surface area contributed by atoms with Crippen molar-refractivity contribution in [2.45, 2.75) is 70.3 Å². The maximum absolute atomic E-state index is 13.5. The lowest BCUT2D eigenvalue weighted by Crippen LogP contribution is -2.55. The van der Waals surface area contributed by atoms with Crippen LogP contribution in [0.2, 0.25) is 10.0 Å². The molecule has 0 aliphatic carbocycles. The number of amides is 2. The Labute approximate surface area is 285 Å². The van der Waals surface area contributed by atoms with E-state index in [0.717, 1.165) is 75.8 Å². The summed E-state index contributed by atoms with van der Waals surface area (Å²) in [5, 5.41) is 4.56. The third kappa shape index (κ3) is 8.24. The quantitative estimate of drug-likeness (QED) is 0.262. The number of likely N-dealkylation sites (tertiary alicyclic amines) is 2. The third-order valence-electron chi connectivity index (χ3n) is 9.62. The zero-order chi connectivity index (χ0) is 31.4. The molecule has 1 N–H and O–H groups in total. The number of nitrogens with one attached hydrogen (secondary N) is 1. The number of carbonyl (C=O) groups is 2. The van der Waals surface area contributed by atoms with Gasteiger partial charge in [0.05, 0.1) is 15.6 Å². The predicted molar refractivity (Wildman–Crippen MR) is 188 cm³/mol. The summed E-state index contributed by atoms with van der Waals surface area (Å²) in [7, 11) is 0. The molecule has 1 atom stereocenters. The van der Waals surface area contributed by atoms with Gasteiger partial charge in [0.2, 0.25) is 5.91 Å². The Hall–Kier alpha value is -2.57. The van der Waals surface area contributed by atoms with Crippen LogP contribution in [0.1, 0.15) is 80.8 Å². The molecular formula is C37H46Cl3N3O2. The summed E-state index contributed by atoms with van der Waals surface area (Å²) >= 11 is 12.9. The molecule has 3 aromatic rings. The number of hydrogen-bond donors (Lipinski definition) is 1. The molecule has 2 fully saturated rings. The number of rotatable bonds is 8. The summed E-state index contributed by atoms with van der Waals surface area (Å²) < 4.78 is 0. The zero-order valence-electron chi connectivity index (χ0n) is 26.7. The van der Waals surface area contributed by atoms with Crippen molar-refractivity contribution < 1.29 is 9.59 Å². The first-order valence-corrected chi connectivity index (χ1v) is 16.7. The molecule has 2 aliphatic heterocycles. The topological polar surface area (TPSA) is 52.7 Å². The minimum Gasteiger partial charge on any atom is -0.346 e. The lowest BCUT2D eigenvalue weighted by atomic mass is 9.70. The second-order valence-electron chi connectivity index (χ2n) is 13.7. The fourth-order valence-electron chi connectivity index (χ4n) is 6.93. The van der Waals surface area contributed by atoms with Gasteiger partial charge in [-0.2, -0.15) is 0 Å². The van der Waals surface area contributed by atoms with Gasteiger partial charge in [-0.3, -0.25) is 9.59 Å². The normalized spacial score (nSPS) is 20.2. The molecule has 0 bridgehead atoms. The Morgan fingerprint density at radius 2 is 1.47 bits per heavy atom. The maximum Gasteiger partial charge on any atom is 0.253 e. The Kier molecular flexibility index (Phi) is 11.7. The van der Waals surface area contributed by atoms with Crippen LogP contribution in [0.5, 0.6) is 0 Å². The fraction of sp³-hybridized carbons (Fsp3) is 0.459. The molecule has 242 valence electrons. The second-order valence-corrected chi connectivity index (χ2v) is 14.5. The van der Waals surface area contributed by atoms with Crippen LogP contribution >= 0.6 is 35.6 Å². The molecule has 0 spiro atoms. The molecule has 0 radical (unpaired) electrons. The van der Waals surface area contributed by atoms with Crippen molar-refractivity contribution in [2.75, 3.05) is 32.7 Å². The highest BCUT2D eigenvalue weighted by Gasteiger charge is 2.41. The average Bonchev–Trinajstić information content (AvgIpc) is 3.03. The van der Waals surface area contributed by atoms with E-state index in [0.29, 0.717) is 16.6 Å². The molecule has 0 saturated carbocycles. The third-order valence-corrected chi connectivity index (χ3v) is 10.4. The van der Waals surface area contributed by atoms with Crippen molar-refractivity contribution in [3.05, 3.63) is 106 Å². The molecule has 2 amide bonds. The van der Waals surface area contributed by atoms with Crippen LogP contribution in [-0.4, -0.2) is 54.3 Å². The standard InChI is InChI=1S/C37H45Cl2N3O2.ClH/c1-35(2,3)34(44)40-37(29-14-8-5-9-15-29)20-24-41(25-21-37)22-10-18-36(30-16-17-31(38)32(39)26-30)19-11-23-42(27-36)33(43)28-12-6-4-7-13-28;/h4-9,12-17,26H,10-11,18-25,27H2,1-3H3,(H,40,44);1H. The molecule has 2 aliphatic rings. The SMILES string of the molecule is CC(C)(C)C(=O)NC1(c2ccccc2)CCN(CCCC2(c3ccc(Cl)c(Cl)c3)CCCN(C(=O)c3ccccc3)C2)CC1.Cl. The molecule has 2 saturated heterocycles. The minimum absolute atomic E-state index is 0. The Bertz CT molecular complexity index is 1440. The van der Waals surface area contributed by atoms with Gasteiger partial charge in [-0.05, 0) is 80.5 Å². The lowest BCUT2D eigenvalue weighted by molar-refractivity contribution is -0.131. The molecule has 5 rings (SSSR count). The van der Waals surface area contributed by atoms with E-state index in [1.54, 1.807) is 0 Å². The van der Waals surface area contributed by atoms with Crippen LogP contribution in [0.15, 0.2) is 78.9 Å². The van der Waals surface area contributed by atoms with E-state index >= 15 is 0 Å². The van der Waals surface area contributed by atoms with Crippen molar-refractivity contribution in [1.82, 2.24) is 15.1 Å². The van der Waals surface area contributed by atoms with E-state index < -0.39 is 5.41 Å². The molecule has 8 heteroatoms. The number of halogens is 3. The van der Waals surface area contributed by atoms with Crippen molar-refractivity contribution in [3.63, 3.8) is 0 Å². The number of carbonyl (C=O) groups excluding carboxylic acids is 2. The Balaban J connectivity index is 0.00000461. The van der Waals surface area contributed by atoms with E-state index in [9.17, 15) is 9.59 Å². The molecule has 0 aromatic heterocycles. The summed E-state index contributed by atoms with van der Waals surface area (Å²) in [6.45, 7) is 10.1. The van der Waals surface area contributed by atoms with Crippen LogP contribution in [-0.2, 0) is 15.7 Å². The first-order valence-electron chi connectivity index (χ1n) is 15.9. The van der Waals surface area contributed by atoms with Crippen LogP contribution in [0.25, 0.3) is 0 Å². The summed E-state index contributed by atoms with van der Waals surface area (Å²) in [6, 6.07) is 26.0. The summed E-state index contributed by atoms with van der Waals surface area (Å²) in [4.78, 5) is 31.2. The Morgan fingerprint density at radius 3 is 2.09 bits per heavy atom. The van der Waals surface area contributed by atoms with E-state index in [1.165, 1.54) is 5.56 Å². The van der Waals surface area contributed by atoms with Crippen LogP contribution in [0.4, 0.5) is 0 Å². The highest BCUT2D eigenvalue weighted by atomic mass is 35.5. The van der Waals surface area contributed by atoms with Gasteiger partial charge in [-0.15, -0.1) is 12.4 Å². The lowest BCUT2D eigenvalue weighted by Gasteiger charge is -2.45. The first kappa shape index (κ1) is 35.3. The van der Waals surface area contributed by atoms with E-state index in [-0.39, 0.29) is 35.2 Å². The monoisotopic (exact) mass is 669 g/mol. The number of piperidine rings is 2. The largest absolute Gasteiger partial charge is 0.346 e.